The first-order valence-corrected chi connectivity index (χ1v) is 23.8. The van der Waals surface area contributed by atoms with E-state index in [9.17, 15) is 9.90 Å². The SMILES string of the molecule is CCCCCCCCCCCCCCCCN(CCCCCCCCCCCCCCCC)CCCCOc1cc(O)c2c(=O)cc(-c3ccccc3)oc2c1. The highest BCUT2D eigenvalue weighted by Crippen LogP contribution is 2.31. The third-order valence-corrected chi connectivity index (χ3v) is 11.6. The largest absolute Gasteiger partial charge is 0.507 e. The number of rotatable bonds is 37. The Kier molecular flexibility index (Phi) is 27.4. The second-order valence-corrected chi connectivity index (χ2v) is 16.7. The molecule has 0 bridgehead atoms. The van der Waals surface area contributed by atoms with E-state index in [0.717, 1.165) is 24.9 Å². The molecule has 1 aromatic heterocycles. The third-order valence-electron chi connectivity index (χ3n) is 11.6. The van der Waals surface area contributed by atoms with Crippen molar-refractivity contribution in [2.24, 2.45) is 0 Å². The number of ether oxygens (including phenoxy) is 1. The van der Waals surface area contributed by atoms with Gasteiger partial charge >= 0.3 is 0 Å². The van der Waals surface area contributed by atoms with E-state index in [1.165, 1.54) is 199 Å². The molecule has 56 heavy (non-hydrogen) atoms. The van der Waals surface area contributed by atoms with Crippen LogP contribution in [0.2, 0.25) is 0 Å². The van der Waals surface area contributed by atoms with Crippen LogP contribution in [0.5, 0.6) is 11.5 Å². The van der Waals surface area contributed by atoms with Gasteiger partial charge in [0.2, 0.25) is 0 Å². The van der Waals surface area contributed by atoms with Crippen LogP contribution in [0.1, 0.15) is 206 Å². The molecule has 1 N–H and O–H groups in total. The van der Waals surface area contributed by atoms with E-state index in [4.69, 9.17) is 9.15 Å². The number of aromatic hydroxyl groups is 1. The Balaban J connectivity index is 1.34. The van der Waals surface area contributed by atoms with E-state index < -0.39 is 0 Å². The maximum atomic E-state index is 12.8. The van der Waals surface area contributed by atoms with Crippen molar-refractivity contribution < 1.29 is 14.3 Å². The second-order valence-electron chi connectivity index (χ2n) is 16.7. The summed E-state index contributed by atoms with van der Waals surface area (Å²) in [4.78, 5) is 15.5. The number of hydrogen-bond donors (Lipinski definition) is 1. The van der Waals surface area contributed by atoms with Crippen LogP contribution in [-0.2, 0) is 0 Å². The summed E-state index contributed by atoms with van der Waals surface area (Å²) in [6, 6.07) is 14.3. The molecule has 0 unspecified atom stereocenters. The molecule has 3 aromatic rings. The lowest BCUT2D eigenvalue weighted by Crippen LogP contribution is -2.27. The Morgan fingerprint density at radius 1 is 0.518 bits per heavy atom. The highest BCUT2D eigenvalue weighted by Gasteiger charge is 2.13. The smallest absolute Gasteiger partial charge is 0.197 e. The number of fused-ring (bicyclic) bond motifs is 1. The number of phenolic OH excluding ortho intramolecular Hbond substituents is 1. The summed E-state index contributed by atoms with van der Waals surface area (Å²) in [5.41, 5.74) is 0.913. The summed E-state index contributed by atoms with van der Waals surface area (Å²) in [5, 5.41) is 10.9. The first-order chi connectivity index (χ1) is 27.6. The van der Waals surface area contributed by atoms with Crippen LogP contribution in [0.4, 0.5) is 0 Å². The lowest BCUT2D eigenvalue weighted by Gasteiger charge is -2.22. The van der Waals surface area contributed by atoms with Gasteiger partial charge in [-0.3, -0.25) is 4.79 Å². The normalized spacial score (nSPS) is 11.6. The van der Waals surface area contributed by atoms with Crippen molar-refractivity contribution in [2.45, 2.75) is 206 Å². The van der Waals surface area contributed by atoms with Gasteiger partial charge in [0.1, 0.15) is 28.2 Å². The van der Waals surface area contributed by atoms with Crippen molar-refractivity contribution in [1.29, 1.82) is 0 Å². The fraction of sp³-hybridized carbons (Fsp3) is 0.706. The number of benzene rings is 2. The van der Waals surface area contributed by atoms with Crippen molar-refractivity contribution in [3.8, 4) is 22.8 Å². The summed E-state index contributed by atoms with van der Waals surface area (Å²) in [6.07, 6.45) is 41.3. The van der Waals surface area contributed by atoms with Gasteiger partial charge in [0.15, 0.2) is 5.43 Å². The molecule has 0 aliphatic heterocycles. The predicted octanol–water partition coefficient (Wildman–Crippen LogP) is 15.6. The van der Waals surface area contributed by atoms with Crippen molar-refractivity contribution in [1.82, 2.24) is 4.90 Å². The Morgan fingerprint density at radius 3 is 1.38 bits per heavy atom. The van der Waals surface area contributed by atoms with Crippen LogP contribution in [-0.4, -0.2) is 36.2 Å². The first kappa shape index (κ1) is 47.6. The number of nitrogens with zero attached hydrogens (tertiary/aromatic N) is 1. The molecule has 5 heteroatoms. The van der Waals surface area contributed by atoms with Gasteiger partial charge in [0, 0.05) is 23.8 Å². The van der Waals surface area contributed by atoms with Gasteiger partial charge < -0.3 is 19.2 Å². The van der Waals surface area contributed by atoms with Crippen molar-refractivity contribution in [2.75, 3.05) is 26.2 Å². The minimum atomic E-state index is -0.258. The van der Waals surface area contributed by atoms with E-state index in [1.807, 2.05) is 30.3 Å². The van der Waals surface area contributed by atoms with Crippen molar-refractivity contribution in [3.63, 3.8) is 0 Å². The molecule has 316 valence electrons. The van der Waals surface area contributed by atoms with Crippen LogP contribution >= 0.6 is 0 Å². The molecule has 0 atom stereocenters. The summed E-state index contributed by atoms with van der Waals surface area (Å²) >= 11 is 0. The topological polar surface area (TPSA) is 62.9 Å². The molecular formula is C51H83NO4. The van der Waals surface area contributed by atoms with Crippen LogP contribution in [0.15, 0.2) is 57.7 Å². The molecule has 0 amide bonds. The number of unbranched alkanes of at least 4 members (excludes halogenated alkanes) is 27. The average molecular weight is 774 g/mol. The summed E-state index contributed by atoms with van der Waals surface area (Å²) < 4.78 is 12.2. The Hall–Kier alpha value is -2.79. The fourth-order valence-electron chi connectivity index (χ4n) is 8.09. The molecule has 0 radical (unpaired) electrons. The fourth-order valence-corrected chi connectivity index (χ4v) is 8.09. The zero-order chi connectivity index (χ0) is 39.7. The minimum Gasteiger partial charge on any atom is -0.507 e. The highest BCUT2D eigenvalue weighted by atomic mass is 16.5. The third kappa shape index (κ3) is 21.7. The van der Waals surface area contributed by atoms with Gasteiger partial charge in [-0.2, -0.15) is 0 Å². The molecule has 0 aliphatic rings. The molecule has 5 nitrogen and oxygen atoms in total. The molecule has 1 heterocycles. The second kappa shape index (κ2) is 32.2. The Morgan fingerprint density at radius 2 is 0.929 bits per heavy atom. The van der Waals surface area contributed by atoms with Crippen molar-refractivity contribution >= 4 is 11.0 Å². The van der Waals surface area contributed by atoms with Gasteiger partial charge in [-0.25, -0.2) is 0 Å². The van der Waals surface area contributed by atoms with E-state index in [0.29, 0.717) is 23.7 Å². The lowest BCUT2D eigenvalue weighted by atomic mass is 10.0. The van der Waals surface area contributed by atoms with Gasteiger partial charge in [0.05, 0.1) is 6.61 Å². The number of hydrogen-bond acceptors (Lipinski definition) is 5. The van der Waals surface area contributed by atoms with E-state index in [-0.39, 0.29) is 16.6 Å². The van der Waals surface area contributed by atoms with Gasteiger partial charge in [-0.1, -0.05) is 211 Å². The molecule has 3 rings (SSSR count). The van der Waals surface area contributed by atoms with E-state index >= 15 is 0 Å². The van der Waals surface area contributed by atoms with Gasteiger partial charge in [-0.15, -0.1) is 0 Å². The molecule has 0 aliphatic carbocycles. The van der Waals surface area contributed by atoms with E-state index in [2.05, 4.69) is 18.7 Å². The zero-order valence-electron chi connectivity index (χ0n) is 36.3. The maximum absolute atomic E-state index is 12.8. The predicted molar refractivity (Wildman–Crippen MR) is 241 cm³/mol. The van der Waals surface area contributed by atoms with Gasteiger partial charge in [-0.05, 0) is 45.3 Å². The van der Waals surface area contributed by atoms with Gasteiger partial charge in [0.25, 0.3) is 0 Å². The lowest BCUT2D eigenvalue weighted by molar-refractivity contribution is 0.240. The van der Waals surface area contributed by atoms with Crippen LogP contribution in [0, 0.1) is 0 Å². The first-order valence-electron chi connectivity index (χ1n) is 23.8. The summed E-state index contributed by atoms with van der Waals surface area (Å²) in [5.74, 6) is 0.917. The molecule has 0 spiro atoms. The maximum Gasteiger partial charge on any atom is 0.197 e. The monoisotopic (exact) mass is 774 g/mol. The molecule has 0 saturated heterocycles. The van der Waals surface area contributed by atoms with Crippen molar-refractivity contribution in [3.05, 3.63) is 58.8 Å². The van der Waals surface area contributed by atoms with Crippen LogP contribution < -0.4 is 10.2 Å². The average Bonchev–Trinajstić information content (AvgIpc) is 3.20. The quantitative estimate of drug-likeness (QED) is 0.0591. The number of phenols is 1. The zero-order valence-corrected chi connectivity index (χ0v) is 36.3. The highest BCUT2D eigenvalue weighted by molar-refractivity contribution is 5.86. The Bertz CT molecular complexity index is 1390. The molecule has 2 aromatic carbocycles. The molecular weight excluding hydrogens is 691 g/mol. The molecule has 0 saturated carbocycles. The summed E-state index contributed by atoms with van der Waals surface area (Å²) in [6.45, 7) is 8.69. The molecule has 0 fully saturated rings. The van der Waals surface area contributed by atoms with E-state index in [1.54, 1.807) is 12.1 Å². The Labute approximate surface area is 343 Å². The standard InChI is InChI=1S/C51H83NO4/c1-3-5-7-9-11-13-15-17-19-21-23-25-27-32-38-52(39-33-28-26-24-22-20-18-16-14-12-10-8-6-4-2)40-34-35-41-55-46-42-47(53)51-48(54)44-49(56-50(51)43-46)45-36-30-29-31-37-45/h29-31,36-37,42-44,53H,3-28,32-35,38-41H2,1-2H3. The summed E-state index contributed by atoms with van der Waals surface area (Å²) in [7, 11) is 0. The minimum absolute atomic E-state index is 0.0987. The van der Waals surface area contributed by atoms with Crippen LogP contribution in [0.3, 0.4) is 0 Å². The van der Waals surface area contributed by atoms with Crippen LogP contribution in [0.25, 0.3) is 22.3 Å².